The summed E-state index contributed by atoms with van der Waals surface area (Å²) >= 11 is 7.71. The topological polar surface area (TPSA) is 61.8 Å². The highest BCUT2D eigenvalue weighted by atomic mass is 35.5. The number of carbonyl (C=O) groups is 1. The molecular weight excluding hydrogens is 482 g/mol. The predicted octanol–water partition coefficient (Wildman–Crippen LogP) is 4.19. The van der Waals surface area contributed by atoms with Gasteiger partial charge in [0.1, 0.15) is 11.6 Å². The number of halogens is 1. The molecule has 9 heteroatoms. The van der Waals surface area contributed by atoms with Crippen LogP contribution in [0, 0.1) is 0 Å². The lowest BCUT2D eigenvalue weighted by atomic mass is 10.1. The van der Waals surface area contributed by atoms with Crippen LogP contribution in [0.1, 0.15) is 23.2 Å². The highest BCUT2D eigenvalue weighted by Gasteiger charge is 2.29. The monoisotopic (exact) mass is 509 g/mol. The first-order valence-electron chi connectivity index (χ1n) is 12.2. The molecule has 4 heterocycles. The second-order valence-corrected chi connectivity index (χ2v) is 11.1. The maximum atomic E-state index is 12.6. The Labute approximate surface area is 214 Å². The zero-order valence-electron chi connectivity index (χ0n) is 19.8. The third-order valence-electron chi connectivity index (χ3n) is 7.13. The molecule has 0 radical (unpaired) electrons. The van der Waals surface area contributed by atoms with Gasteiger partial charge in [0.25, 0.3) is 5.91 Å². The maximum Gasteiger partial charge on any atom is 0.260 e. The summed E-state index contributed by atoms with van der Waals surface area (Å²) in [6.45, 7) is 4.26. The van der Waals surface area contributed by atoms with Gasteiger partial charge in [0.15, 0.2) is 12.4 Å². The molecule has 2 aliphatic heterocycles. The van der Waals surface area contributed by atoms with Gasteiger partial charge in [-0.25, -0.2) is 9.97 Å². The van der Waals surface area contributed by atoms with Gasteiger partial charge in [-0.15, -0.1) is 11.3 Å². The Kier molecular flexibility index (Phi) is 6.12. The van der Waals surface area contributed by atoms with Gasteiger partial charge in [-0.05, 0) is 56.5 Å². The number of benzene rings is 1. The molecule has 35 heavy (non-hydrogen) atoms. The summed E-state index contributed by atoms with van der Waals surface area (Å²) in [7, 11) is 2.08. The number of piperazine rings is 1. The number of hydrogen-bond acceptors (Lipinski definition) is 7. The van der Waals surface area contributed by atoms with Crippen molar-refractivity contribution >= 4 is 40.4 Å². The van der Waals surface area contributed by atoms with Gasteiger partial charge < -0.3 is 19.4 Å². The molecule has 1 aromatic carbocycles. The van der Waals surface area contributed by atoms with E-state index in [2.05, 4.69) is 29.0 Å². The molecule has 6 rings (SSSR count). The average Bonchev–Trinajstić information content (AvgIpc) is 3.61. The molecule has 2 aromatic heterocycles. The van der Waals surface area contributed by atoms with Crippen LogP contribution in [-0.2, 0) is 24.1 Å². The van der Waals surface area contributed by atoms with E-state index in [9.17, 15) is 4.79 Å². The first-order valence-corrected chi connectivity index (χ1v) is 13.4. The van der Waals surface area contributed by atoms with E-state index in [4.69, 9.17) is 26.3 Å². The van der Waals surface area contributed by atoms with Crippen LogP contribution in [-0.4, -0.2) is 72.1 Å². The Morgan fingerprint density at radius 3 is 2.71 bits per heavy atom. The number of aryl methyl sites for hydroxylation is 1. The van der Waals surface area contributed by atoms with E-state index in [-0.39, 0.29) is 12.5 Å². The van der Waals surface area contributed by atoms with E-state index < -0.39 is 0 Å². The Morgan fingerprint density at radius 1 is 1.06 bits per heavy atom. The second-order valence-electron chi connectivity index (χ2n) is 9.42. The SMILES string of the molecule is CN1CCN(C(=O)COc2ccc3c(c2)N(c2nc(-c4ccc(Cl)s4)nc4c2CCC4)CC3)CC1. The molecular formula is C26H28ClN5O2S. The molecule has 1 fully saturated rings. The van der Waals surface area contributed by atoms with Crippen LogP contribution >= 0.6 is 22.9 Å². The molecule has 0 spiro atoms. The lowest BCUT2D eigenvalue weighted by Crippen LogP contribution is -2.48. The van der Waals surface area contributed by atoms with Crippen LogP contribution in [0.25, 0.3) is 10.7 Å². The van der Waals surface area contributed by atoms with E-state index in [0.29, 0.717) is 5.75 Å². The highest BCUT2D eigenvalue weighted by molar-refractivity contribution is 7.19. The molecule has 0 unspecified atom stereocenters. The zero-order valence-corrected chi connectivity index (χ0v) is 21.4. The molecule has 3 aliphatic rings. The van der Waals surface area contributed by atoms with Crippen molar-refractivity contribution in [1.29, 1.82) is 0 Å². The van der Waals surface area contributed by atoms with E-state index in [0.717, 1.165) is 90.6 Å². The summed E-state index contributed by atoms with van der Waals surface area (Å²) in [4.78, 5) is 30.0. The summed E-state index contributed by atoms with van der Waals surface area (Å²) in [6, 6.07) is 10.0. The minimum absolute atomic E-state index is 0.0447. The molecule has 1 aliphatic carbocycles. The molecule has 1 saturated heterocycles. The van der Waals surface area contributed by atoms with Crippen LogP contribution in [0.2, 0.25) is 4.34 Å². The van der Waals surface area contributed by atoms with Crippen molar-refractivity contribution in [3.05, 3.63) is 51.5 Å². The maximum absolute atomic E-state index is 12.6. The van der Waals surface area contributed by atoms with Gasteiger partial charge in [0.2, 0.25) is 0 Å². The third-order valence-corrected chi connectivity index (χ3v) is 8.36. The predicted molar refractivity (Wildman–Crippen MR) is 139 cm³/mol. The van der Waals surface area contributed by atoms with Crippen LogP contribution in [0.3, 0.4) is 0 Å². The number of likely N-dealkylation sites (N-methyl/N-ethyl adjacent to an activating group) is 1. The fraction of sp³-hybridized carbons (Fsp3) is 0.423. The number of rotatable bonds is 5. The number of carbonyl (C=O) groups excluding carboxylic acids is 1. The van der Waals surface area contributed by atoms with Crippen molar-refractivity contribution < 1.29 is 9.53 Å². The Morgan fingerprint density at radius 2 is 1.91 bits per heavy atom. The Bertz CT molecular complexity index is 1270. The van der Waals surface area contributed by atoms with E-state index in [1.54, 1.807) is 0 Å². The smallest absolute Gasteiger partial charge is 0.260 e. The van der Waals surface area contributed by atoms with Crippen LogP contribution in [0.4, 0.5) is 11.5 Å². The van der Waals surface area contributed by atoms with Gasteiger partial charge >= 0.3 is 0 Å². The van der Waals surface area contributed by atoms with Crippen molar-refractivity contribution in [2.24, 2.45) is 0 Å². The highest BCUT2D eigenvalue weighted by Crippen LogP contribution is 2.41. The van der Waals surface area contributed by atoms with Crippen LogP contribution in [0.15, 0.2) is 30.3 Å². The largest absolute Gasteiger partial charge is 0.484 e. The van der Waals surface area contributed by atoms with E-state index in [1.165, 1.54) is 22.5 Å². The second kappa shape index (κ2) is 9.41. The molecule has 0 bridgehead atoms. The summed E-state index contributed by atoms with van der Waals surface area (Å²) in [5.41, 5.74) is 4.78. The zero-order chi connectivity index (χ0) is 23.9. The molecule has 0 atom stereocenters. The lowest BCUT2D eigenvalue weighted by molar-refractivity contribution is -0.134. The number of aromatic nitrogens is 2. The Balaban J connectivity index is 1.25. The summed E-state index contributed by atoms with van der Waals surface area (Å²) in [5, 5.41) is 0. The van der Waals surface area contributed by atoms with Crippen molar-refractivity contribution in [3.8, 4) is 16.5 Å². The van der Waals surface area contributed by atoms with Crippen LogP contribution in [0.5, 0.6) is 5.75 Å². The third kappa shape index (κ3) is 4.50. The first-order chi connectivity index (χ1) is 17.0. The van der Waals surface area contributed by atoms with Crippen molar-refractivity contribution in [1.82, 2.24) is 19.8 Å². The van der Waals surface area contributed by atoms with Crippen molar-refractivity contribution in [2.75, 3.05) is 51.3 Å². The molecule has 3 aromatic rings. The molecule has 7 nitrogen and oxygen atoms in total. The van der Waals surface area contributed by atoms with Crippen molar-refractivity contribution in [2.45, 2.75) is 25.7 Å². The average molecular weight is 510 g/mol. The first kappa shape index (κ1) is 22.8. The molecule has 182 valence electrons. The van der Waals surface area contributed by atoms with Gasteiger partial charge in [-0.2, -0.15) is 0 Å². The minimum Gasteiger partial charge on any atom is -0.484 e. The van der Waals surface area contributed by atoms with E-state index >= 15 is 0 Å². The number of fused-ring (bicyclic) bond motifs is 2. The fourth-order valence-electron chi connectivity index (χ4n) is 5.14. The quantitative estimate of drug-likeness (QED) is 0.514. The molecule has 0 saturated carbocycles. The Hall–Kier alpha value is -2.68. The van der Waals surface area contributed by atoms with Gasteiger partial charge in [-0.3, -0.25) is 4.79 Å². The van der Waals surface area contributed by atoms with E-state index in [1.807, 2.05) is 23.1 Å². The van der Waals surface area contributed by atoms with Gasteiger partial charge in [0, 0.05) is 55.7 Å². The summed E-state index contributed by atoms with van der Waals surface area (Å²) in [5.74, 6) is 2.50. The molecule has 1 amide bonds. The number of thiophene rings is 1. The summed E-state index contributed by atoms with van der Waals surface area (Å²) in [6.07, 6.45) is 4.03. The summed E-state index contributed by atoms with van der Waals surface area (Å²) < 4.78 is 6.71. The fourth-order valence-corrected chi connectivity index (χ4v) is 6.12. The number of anilines is 2. The number of nitrogens with zero attached hydrogens (tertiary/aromatic N) is 5. The standard InChI is InChI=1S/C26H28ClN5O2S/c1-30-11-13-31(14-12-30)24(33)16-34-18-6-5-17-9-10-32(21(17)15-18)26-19-3-2-4-20(19)28-25(29-26)22-7-8-23(27)35-22/h5-8,15H,2-4,9-14,16H2,1H3. The number of amides is 1. The lowest BCUT2D eigenvalue weighted by Gasteiger charge is -2.32. The van der Waals surface area contributed by atoms with Crippen molar-refractivity contribution in [3.63, 3.8) is 0 Å². The van der Waals surface area contributed by atoms with Gasteiger partial charge in [0.05, 0.1) is 9.21 Å². The molecule has 0 N–H and O–H groups in total. The van der Waals surface area contributed by atoms with Gasteiger partial charge in [-0.1, -0.05) is 17.7 Å². The van der Waals surface area contributed by atoms with Crippen LogP contribution < -0.4 is 9.64 Å². The minimum atomic E-state index is 0.0447. The number of ether oxygens (including phenoxy) is 1. The number of hydrogen-bond donors (Lipinski definition) is 0. The normalized spacial score (nSPS) is 17.5.